The van der Waals surface area contributed by atoms with E-state index in [1.807, 2.05) is 25.1 Å². The fourth-order valence-corrected chi connectivity index (χ4v) is 1.99. The van der Waals surface area contributed by atoms with E-state index in [4.69, 9.17) is 9.47 Å². The smallest absolute Gasteiger partial charge is 0.320 e. The Labute approximate surface area is 129 Å². The molecule has 116 valence electrons. The third-order valence-electron chi connectivity index (χ3n) is 3.16. The lowest BCUT2D eigenvalue weighted by atomic mass is 10.1. The van der Waals surface area contributed by atoms with Crippen LogP contribution in [-0.2, 0) is 0 Å². The summed E-state index contributed by atoms with van der Waals surface area (Å²) < 4.78 is 10.5. The first-order valence-corrected chi connectivity index (χ1v) is 6.84. The van der Waals surface area contributed by atoms with Crippen LogP contribution in [0.5, 0.6) is 11.5 Å². The van der Waals surface area contributed by atoms with E-state index in [-0.39, 0.29) is 12.1 Å². The Kier molecular flexibility index (Phi) is 5.19. The fraction of sp³-hybridized carbons (Fsp3) is 0.250. The summed E-state index contributed by atoms with van der Waals surface area (Å²) in [5.74, 6) is 1.77. The molecule has 0 saturated heterocycles. The number of hydrogen-bond acceptors (Lipinski definition) is 4. The number of nitrogens with one attached hydrogen (secondary N) is 2. The third-order valence-corrected chi connectivity index (χ3v) is 3.16. The molecular formula is C16H19N3O3. The third kappa shape index (κ3) is 3.88. The molecule has 0 bridgehead atoms. The molecule has 0 aliphatic heterocycles. The molecular weight excluding hydrogens is 282 g/mol. The van der Waals surface area contributed by atoms with Crippen molar-refractivity contribution >= 4 is 11.8 Å². The highest BCUT2D eigenvalue weighted by Crippen LogP contribution is 2.29. The van der Waals surface area contributed by atoms with Gasteiger partial charge in [0, 0.05) is 6.20 Å². The number of methoxy groups -OCH3 is 2. The van der Waals surface area contributed by atoms with Crippen LogP contribution in [0.25, 0.3) is 0 Å². The van der Waals surface area contributed by atoms with Crippen molar-refractivity contribution < 1.29 is 14.3 Å². The highest BCUT2D eigenvalue weighted by atomic mass is 16.5. The summed E-state index contributed by atoms with van der Waals surface area (Å²) in [6, 6.07) is 10.3. The molecule has 0 aliphatic carbocycles. The summed E-state index contributed by atoms with van der Waals surface area (Å²) in [5, 5.41) is 5.52. The maximum atomic E-state index is 12.0. The first-order chi connectivity index (χ1) is 10.6. The van der Waals surface area contributed by atoms with Gasteiger partial charge in [0.15, 0.2) is 11.5 Å². The molecule has 6 heteroatoms. The molecule has 1 heterocycles. The van der Waals surface area contributed by atoms with Gasteiger partial charge in [-0.1, -0.05) is 12.1 Å². The molecule has 1 aromatic carbocycles. The lowest BCUT2D eigenvalue weighted by Crippen LogP contribution is -2.31. The Bertz CT molecular complexity index is 632. The molecule has 22 heavy (non-hydrogen) atoms. The van der Waals surface area contributed by atoms with Gasteiger partial charge in [-0.05, 0) is 36.8 Å². The summed E-state index contributed by atoms with van der Waals surface area (Å²) in [6.07, 6.45) is 1.62. The van der Waals surface area contributed by atoms with E-state index < -0.39 is 0 Å². The topological polar surface area (TPSA) is 72.5 Å². The van der Waals surface area contributed by atoms with Crippen LogP contribution < -0.4 is 20.1 Å². The van der Waals surface area contributed by atoms with Gasteiger partial charge in [-0.2, -0.15) is 0 Å². The molecule has 1 atom stereocenters. The second kappa shape index (κ2) is 7.31. The van der Waals surface area contributed by atoms with E-state index in [0.717, 1.165) is 5.56 Å². The highest BCUT2D eigenvalue weighted by Gasteiger charge is 2.12. The molecule has 2 amide bonds. The van der Waals surface area contributed by atoms with Crippen LogP contribution in [-0.4, -0.2) is 25.2 Å². The number of amides is 2. The van der Waals surface area contributed by atoms with E-state index in [1.54, 1.807) is 38.6 Å². The number of carbonyl (C=O) groups is 1. The van der Waals surface area contributed by atoms with Gasteiger partial charge >= 0.3 is 6.03 Å². The lowest BCUT2D eigenvalue weighted by molar-refractivity contribution is 0.249. The summed E-state index contributed by atoms with van der Waals surface area (Å²) in [7, 11) is 3.16. The summed E-state index contributed by atoms with van der Waals surface area (Å²) >= 11 is 0. The first-order valence-electron chi connectivity index (χ1n) is 6.84. The van der Waals surface area contributed by atoms with E-state index >= 15 is 0 Å². The quantitative estimate of drug-likeness (QED) is 0.890. The van der Waals surface area contributed by atoms with Gasteiger partial charge in [-0.3, -0.25) is 5.32 Å². The van der Waals surface area contributed by atoms with Crippen molar-refractivity contribution in [1.29, 1.82) is 0 Å². The number of hydrogen-bond donors (Lipinski definition) is 2. The number of rotatable bonds is 5. The zero-order valence-corrected chi connectivity index (χ0v) is 12.8. The van der Waals surface area contributed by atoms with E-state index in [0.29, 0.717) is 17.3 Å². The predicted molar refractivity (Wildman–Crippen MR) is 84.4 cm³/mol. The molecule has 1 unspecified atom stereocenters. The average Bonchev–Trinajstić information content (AvgIpc) is 2.54. The molecule has 0 fully saturated rings. The van der Waals surface area contributed by atoms with Gasteiger partial charge in [0.05, 0.1) is 20.3 Å². The normalized spacial score (nSPS) is 11.4. The van der Waals surface area contributed by atoms with Crippen molar-refractivity contribution in [1.82, 2.24) is 10.3 Å². The lowest BCUT2D eigenvalue weighted by Gasteiger charge is -2.16. The Morgan fingerprint density at radius 3 is 2.55 bits per heavy atom. The van der Waals surface area contributed by atoms with Crippen LogP contribution in [0, 0.1) is 0 Å². The van der Waals surface area contributed by atoms with Crippen LogP contribution in [0.4, 0.5) is 10.6 Å². The number of aromatic nitrogens is 1. The Morgan fingerprint density at radius 1 is 1.14 bits per heavy atom. The monoisotopic (exact) mass is 301 g/mol. The number of benzene rings is 1. The predicted octanol–water partition coefficient (Wildman–Crippen LogP) is 2.98. The molecule has 2 rings (SSSR count). The van der Waals surface area contributed by atoms with Gasteiger partial charge in [0.25, 0.3) is 0 Å². The van der Waals surface area contributed by atoms with Crippen LogP contribution >= 0.6 is 0 Å². The molecule has 2 aromatic rings. The number of carbonyl (C=O) groups excluding carboxylic acids is 1. The summed E-state index contributed by atoms with van der Waals surface area (Å²) in [6.45, 7) is 1.89. The number of ether oxygens (including phenoxy) is 2. The highest BCUT2D eigenvalue weighted by molar-refractivity contribution is 5.88. The number of urea groups is 1. The molecule has 6 nitrogen and oxygen atoms in total. The molecule has 0 spiro atoms. The van der Waals surface area contributed by atoms with Crippen LogP contribution in [0.2, 0.25) is 0 Å². The second-order valence-corrected chi connectivity index (χ2v) is 4.65. The van der Waals surface area contributed by atoms with Crippen molar-refractivity contribution in [2.24, 2.45) is 0 Å². The first kappa shape index (κ1) is 15.6. The van der Waals surface area contributed by atoms with Crippen molar-refractivity contribution in [3.05, 3.63) is 48.2 Å². The molecule has 2 N–H and O–H groups in total. The van der Waals surface area contributed by atoms with E-state index in [9.17, 15) is 4.79 Å². The zero-order chi connectivity index (χ0) is 15.9. The zero-order valence-electron chi connectivity index (χ0n) is 12.8. The largest absolute Gasteiger partial charge is 0.493 e. The summed E-state index contributed by atoms with van der Waals surface area (Å²) in [4.78, 5) is 16.0. The van der Waals surface area contributed by atoms with Crippen molar-refractivity contribution in [2.75, 3.05) is 19.5 Å². The van der Waals surface area contributed by atoms with Gasteiger partial charge in [-0.25, -0.2) is 9.78 Å². The molecule has 0 aliphatic rings. The van der Waals surface area contributed by atoms with Crippen LogP contribution in [0.1, 0.15) is 18.5 Å². The van der Waals surface area contributed by atoms with Gasteiger partial charge < -0.3 is 14.8 Å². The minimum atomic E-state index is -0.319. The fourth-order valence-electron chi connectivity index (χ4n) is 1.99. The van der Waals surface area contributed by atoms with Gasteiger partial charge in [-0.15, -0.1) is 0 Å². The Morgan fingerprint density at radius 2 is 1.91 bits per heavy atom. The molecule has 0 saturated carbocycles. The Hall–Kier alpha value is -2.76. The van der Waals surface area contributed by atoms with E-state index in [1.165, 1.54) is 0 Å². The van der Waals surface area contributed by atoms with Crippen molar-refractivity contribution in [2.45, 2.75) is 13.0 Å². The molecule has 0 radical (unpaired) electrons. The number of pyridine rings is 1. The maximum Gasteiger partial charge on any atom is 0.320 e. The number of anilines is 1. The second-order valence-electron chi connectivity index (χ2n) is 4.65. The standard InChI is InChI=1S/C16H19N3O3/c1-11(12-7-8-13(21-2)14(10-12)22-3)18-16(20)19-15-6-4-5-9-17-15/h4-11H,1-3H3,(H2,17,18,19,20). The minimum absolute atomic E-state index is 0.191. The van der Waals surface area contributed by atoms with Gasteiger partial charge in [0.2, 0.25) is 0 Å². The van der Waals surface area contributed by atoms with E-state index in [2.05, 4.69) is 15.6 Å². The average molecular weight is 301 g/mol. The van der Waals surface area contributed by atoms with Crippen LogP contribution in [0.15, 0.2) is 42.6 Å². The minimum Gasteiger partial charge on any atom is -0.493 e. The van der Waals surface area contributed by atoms with Crippen molar-refractivity contribution in [3.8, 4) is 11.5 Å². The SMILES string of the molecule is COc1ccc(C(C)NC(=O)Nc2ccccn2)cc1OC. The summed E-state index contributed by atoms with van der Waals surface area (Å²) in [5.41, 5.74) is 0.911. The van der Waals surface area contributed by atoms with Gasteiger partial charge in [0.1, 0.15) is 5.82 Å². The maximum absolute atomic E-state index is 12.0. The molecule has 1 aromatic heterocycles. The number of nitrogens with zero attached hydrogens (tertiary/aromatic N) is 1. The Balaban J connectivity index is 2.02. The van der Waals surface area contributed by atoms with Crippen LogP contribution in [0.3, 0.4) is 0 Å². The van der Waals surface area contributed by atoms with Crippen molar-refractivity contribution in [3.63, 3.8) is 0 Å².